The minimum absolute atomic E-state index is 0.192. The summed E-state index contributed by atoms with van der Waals surface area (Å²) in [5.41, 5.74) is 1.73. The minimum Gasteiger partial charge on any atom is -0.492 e. The topological polar surface area (TPSA) is 79.0 Å². The van der Waals surface area contributed by atoms with Crippen LogP contribution in [0.2, 0.25) is 0 Å². The molecular weight excluding hydrogens is 496 g/mol. The normalized spacial score (nSPS) is 11.1. The number of nitrogens with zero attached hydrogens (tertiary/aromatic N) is 1. The van der Waals surface area contributed by atoms with E-state index in [0.29, 0.717) is 30.3 Å². The van der Waals surface area contributed by atoms with Gasteiger partial charge >= 0.3 is 0 Å². The molecule has 2 heterocycles. The number of aromatic amines is 1. The van der Waals surface area contributed by atoms with Crippen LogP contribution in [0.4, 0.5) is 5.95 Å². The maximum absolute atomic E-state index is 11.9. The van der Waals surface area contributed by atoms with Gasteiger partial charge in [-0.1, -0.05) is 15.9 Å². The molecule has 27 heavy (non-hydrogen) atoms. The number of H-pyrrole nitrogens is 1. The predicted octanol–water partition coefficient (Wildman–Crippen LogP) is 4.50. The number of rotatable bonds is 9. The molecule has 0 bridgehead atoms. The number of anilines is 1. The third kappa shape index (κ3) is 5.31. The summed E-state index contributed by atoms with van der Waals surface area (Å²) >= 11 is 8.47. The third-order valence-corrected chi connectivity index (χ3v) is 5.79. The first-order valence-corrected chi connectivity index (χ1v) is 11.1. The molecule has 0 amide bonds. The summed E-state index contributed by atoms with van der Waals surface area (Å²) in [4.78, 5) is 19.1. The summed E-state index contributed by atoms with van der Waals surface area (Å²) in [6, 6.07) is 5.93. The molecule has 0 aliphatic heterocycles. The molecule has 3 N–H and O–H groups in total. The first-order valence-electron chi connectivity index (χ1n) is 8.61. The highest BCUT2D eigenvalue weighted by Gasteiger charge is 2.09. The van der Waals surface area contributed by atoms with E-state index in [0.717, 1.165) is 38.7 Å². The fourth-order valence-electron chi connectivity index (χ4n) is 2.66. The van der Waals surface area contributed by atoms with Crippen LogP contribution in [-0.2, 0) is 6.54 Å². The molecule has 0 radical (unpaired) electrons. The van der Waals surface area contributed by atoms with E-state index in [4.69, 9.17) is 4.74 Å². The number of nitrogens with one attached hydrogen (secondary N) is 3. The average molecular weight is 516 g/mol. The van der Waals surface area contributed by atoms with Crippen LogP contribution in [-0.4, -0.2) is 29.7 Å². The summed E-state index contributed by atoms with van der Waals surface area (Å²) in [5.74, 6) is 1.39. The van der Waals surface area contributed by atoms with Crippen molar-refractivity contribution >= 4 is 59.4 Å². The minimum atomic E-state index is -0.192. The van der Waals surface area contributed by atoms with Crippen LogP contribution in [0, 0.1) is 0 Å². The quantitative estimate of drug-likeness (QED) is 0.365. The third-order valence-electron chi connectivity index (χ3n) is 3.84. The zero-order valence-corrected chi connectivity index (χ0v) is 18.8. The van der Waals surface area contributed by atoms with E-state index in [1.807, 2.05) is 24.4 Å². The van der Waals surface area contributed by atoms with Gasteiger partial charge in [0.25, 0.3) is 5.56 Å². The number of hydrogen-bond acceptors (Lipinski definition) is 6. The van der Waals surface area contributed by atoms with Gasteiger partial charge in [0.05, 0.1) is 16.6 Å². The summed E-state index contributed by atoms with van der Waals surface area (Å²) in [6.45, 7) is 4.85. The van der Waals surface area contributed by atoms with E-state index < -0.39 is 0 Å². The molecular formula is C18H20Br2N4O2S. The monoisotopic (exact) mass is 514 g/mol. The molecule has 0 fully saturated rings. The lowest BCUT2D eigenvalue weighted by Gasteiger charge is -2.14. The van der Waals surface area contributed by atoms with Gasteiger partial charge in [0.1, 0.15) is 10.4 Å². The molecule has 0 saturated carbocycles. The lowest BCUT2D eigenvalue weighted by Crippen LogP contribution is -2.19. The summed E-state index contributed by atoms with van der Waals surface area (Å²) in [6.07, 6.45) is 0.893. The predicted molar refractivity (Wildman–Crippen MR) is 118 cm³/mol. The van der Waals surface area contributed by atoms with Gasteiger partial charge in [-0.25, -0.2) is 0 Å². The molecule has 0 unspecified atom stereocenters. The summed E-state index contributed by atoms with van der Waals surface area (Å²) < 4.78 is 8.35. The van der Waals surface area contributed by atoms with Crippen LogP contribution in [0.3, 0.4) is 0 Å². The lowest BCUT2D eigenvalue weighted by molar-refractivity contribution is 0.333. The maximum Gasteiger partial charge on any atom is 0.292 e. The van der Waals surface area contributed by atoms with Gasteiger partial charge in [0.15, 0.2) is 0 Å². The number of aromatic nitrogens is 2. The molecule has 0 aliphatic rings. The van der Waals surface area contributed by atoms with E-state index in [9.17, 15) is 4.79 Å². The first-order chi connectivity index (χ1) is 13.1. The van der Waals surface area contributed by atoms with Crippen molar-refractivity contribution in [2.24, 2.45) is 0 Å². The molecule has 1 aromatic carbocycles. The van der Waals surface area contributed by atoms with Crippen molar-refractivity contribution in [3.05, 3.63) is 48.4 Å². The van der Waals surface area contributed by atoms with Gasteiger partial charge in [-0.2, -0.15) is 4.98 Å². The summed E-state index contributed by atoms with van der Waals surface area (Å²) in [5, 5.41) is 8.48. The fourth-order valence-corrected chi connectivity index (χ4v) is 4.82. The van der Waals surface area contributed by atoms with Crippen molar-refractivity contribution in [3.63, 3.8) is 0 Å². The Morgan fingerprint density at radius 1 is 1.30 bits per heavy atom. The lowest BCUT2D eigenvalue weighted by atomic mass is 10.2. The molecule has 0 aliphatic carbocycles. The first kappa shape index (κ1) is 20.3. The number of thiophene rings is 1. The van der Waals surface area contributed by atoms with Crippen molar-refractivity contribution < 1.29 is 4.74 Å². The zero-order valence-electron chi connectivity index (χ0n) is 14.8. The van der Waals surface area contributed by atoms with Gasteiger partial charge in [-0.05, 0) is 59.4 Å². The van der Waals surface area contributed by atoms with Crippen LogP contribution < -0.4 is 20.9 Å². The highest BCUT2D eigenvalue weighted by molar-refractivity contribution is 9.11. The Kier molecular flexibility index (Phi) is 7.28. The van der Waals surface area contributed by atoms with E-state index >= 15 is 0 Å². The zero-order chi connectivity index (χ0) is 19.2. The Balaban J connectivity index is 1.47. The van der Waals surface area contributed by atoms with Crippen molar-refractivity contribution in [1.82, 2.24) is 15.3 Å². The highest BCUT2D eigenvalue weighted by Crippen LogP contribution is 2.32. The Hall–Kier alpha value is -1.42. The Morgan fingerprint density at radius 2 is 2.15 bits per heavy atom. The second kappa shape index (κ2) is 9.68. The van der Waals surface area contributed by atoms with Crippen LogP contribution in [0.25, 0.3) is 10.2 Å². The highest BCUT2D eigenvalue weighted by atomic mass is 79.9. The second-order valence-corrected chi connectivity index (χ2v) is 8.51. The number of hydrogen-bond donors (Lipinski definition) is 3. The van der Waals surface area contributed by atoms with E-state index in [1.54, 1.807) is 0 Å². The molecule has 0 saturated heterocycles. The van der Waals surface area contributed by atoms with Crippen molar-refractivity contribution in [2.45, 2.75) is 19.9 Å². The van der Waals surface area contributed by atoms with Gasteiger partial charge in [-0.3, -0.25) is 4.79 Å². The van der Waals surface area contributed by atoms with Crippen molar-refractivity contribution in [2.75, 3.05) is 25.0 Å². The van der Waals surface area contributed by atoms with Crippen LogP contribution in [0.5, 0.6) is 5.75 Å². The van der Waals surface area contributed by atoms with Crippen molar-refractivity contribution in [3.8, 4) is 5.75 Å². The van der Waals surface area contributed by atoms with E-state index in [2.05, 4.69) is 58.5 Å². The largest absolute Gasteiger partial charge is 0.492 e. The van der Waals surface area contributed by atoms with Crippen LogP contribution >= 0.6 is 43.2 Å². The van der Waals surface area contributed by atoms with E-state index in [1.165, 1.54) is 11.3 Å². The Labute approximate surface area is 178 Å². The van der Waals surface area contributed by atoms with Crippen LogP contribution in [0.15, 0.2) is 37.3 Å². The smallest absolute Gasteiger partial charge is 0.292 e. The van der Waals surface area contributed by atoms with Gasteiger partial charge in [0.2, 0.25) is 5.95 Å². The number of benzene rings is 1. The molecule has 0 spiro atoms. The molecule has 0 atom stereocenters. The SMILES string of the molecule is CCOc1c(Br)cc(Br)cc1CNCCCNc1nc(=O)c2sccc2[nH]1. The van der Waals surface area contributed by atoms with Crippen molar-refractivity contribution in [1.29, 1.82) is 0 Å². The van der Waals surface area contributed by atoms with E-state index in [-0.39, 0.29) is 5.56 Å². The molecule has 9 heteroatoms. The maximum atomic E-state index is 11.9. The average Bonchev–Trinajstić information content (AvgIpc) is 3.10. The number of ether oxygens (including phenoxy) is 1. The molecule has 6 nitrogen and oxygen atoms in total. The standard InChI is InChI=1S/C18H20Br2N4O2S/c1-2-26-15-11(8-12(19)9-13(15)20)10-21-5-3-6-22-18-23-14-4-7-27-16(14)17(25)24-18/h4,7-9,21H,2-3,5-6,10H2,1H3,(H2,22,23,24,25). The Morgan fingerprint density at radius 3 is 2.96 bits per heavy atom. The van der Waals surface area contributed by atoms with Gasteiger partial charge in [-0.15, -0.1) is 11.3 Å². The van der Waals surface area contributed by atoms with Gasteiger partial charge < -0.3 is 20.4 Å². The number of halogens is 2. The fraction of sp³-hybridized carbons (Fsp3) is 0.333. The molecule has 3 rings (SSSR count). The second-order valence-electron chi connectivity index (χ2n) is 5.82. The summed E-state index contributed by atoms with van der Waals surface area (Å²) in [7, 11) is 0. The number of fused-ring (bicyclic) bond motifs is 1. The van der Waals surface area contributed by atoms with Crippen LogP contribution in [0.1, 0.15) is 18.9 Å². The van der Waals surface area contributed by atoms with Gasteiger partial charge in [0, 0.05) is 23.1 Å². The molecule has 144 valence electrons. The Bertz CT molecular complexity index is 974. The molecule has 2 aromatic heterocycles. The molecule has 3 aromatic rings.